The molecule has 1 aliphatic rings. The fraction of sp³-hybridized carbons (Fsp3) is 0.125. The molecule has 1 aliphatic heterocycles. The number of benzene rings is 2. The van der Waals surface area contributed by atoms with Crippen molar-refractivity contribution in [3.05, 3.63) is 65.2 Å². The molecule has 4 heteroatoms. The van der Waals surface area contributed by atoms with Gasteiger partial charge in [-0.15, -0.1) is 0 Å². The van der Waals surface area contributed by atoms with Gasteiger partial charge in [0.15, 0.2) is 0 Å². The van der Waals surface area contributed by atoms with Crippen LogP contribution >= 0.6 is 0 Å². The van der Waals surface area contributed by atoms with Crippen molar-refractivity contribution in [2.45, 2.75) is 6.42 Å². The van der Waals surface area contributed by atoms with Crippen molar-refractivity contribution in [2.75, 3.05) is 11.5 Å². The summed E-state index contributed by atoms with van der Waals surface area (Å²) in [4.78, 5) is 25.8. The van der Waals surface area contributed by atoms with Gasteiger partial charge >= 0.3 is 0 Å². The van der Waals surface area contributed by atoms with Crippen LogP contribution < -0.4 is 4.90 Å². The van der Waals surface area contributed by atoms with Crippen molar-refractivity contribution in [2.24, 2.45) is 0 Å². The average Bonchev–Trinajstić information content (AvgIpc) is 2.73. The number of fused-ring (bicyclic) bond motifs is 1. The van der Waals surface area contributed by atoms with E-state index in [2.05, 4.69) is 0 Å². The summed E-state index contributed by atoms with van der Waals surface area (Å²) in [5, 5.41) is 8.88. The summed E-state index contributed by atoms with van der Waals surface area (Å²) in [5.74, 6) is -0.582. The third kappa shape index (κ3) is 1.90. The van der Waals surface area contributed by atoms with Crippen molar-refractivity contribution in [3.63, 3.8) is 0 Å². The van der Waals surface area contributed by atoms with Crippen molar-refractivity contribution < 1.29 is 14.7 Å². The second kappa shape index (κ2) is 4.90. The van der Waals surface area contributed by atoms with E-state index in [9.17, 15) is 9.59 Å². The molecular weight excluding hydrogens is 254 g/mol. The molecule has 1 N–H and O–H groups in total. The predicted octanol–water partition coefficient (Wildman–Crippen LogP) is 2.02. The number of anilines is 1. The molecule has 0 saturated heterocycles. The topological polar surface area (TPSA) is 57.6 Å². The molecule has 0 spiro atoms. The molecule has 0 atom stereocenters. The summed E-state index contributed by atoms with van der Waals surface area (Å²) >= 11 is 0. The van der Waals surface area contributed by atoms with E-state index in [-0.39, 0.29) is 18.4 Å². The largest absolute Gasteiger partial charge is 0.396 e. The molecule has 3 rings (SSSR count). The Bertz CT molecular complexity index is 641. The van der Waals surface area contributed by atoms with Gasteiger partial charge in [0.2, 0.25) is 0 Å². The lowest BCUT2D eigenvalue weighted by Crippen LogP contribution is -2.29. The van der Waals surface area contributed by atoms with Gasteiger partial charge < -0.3 is 5.11 Å². The molecule has 0 radical (unpaired) electrons. The van der Waals surface area contributed by atoms with Crippen molar-refractivity contribution in [3.8, 4) is 0 Å². The van der Waals surface area contributed by atoms with Gasteiger partial charge in [0, 0.05) is 6.61 Å². The molecule has 100 valence electrons. The number of amides is 2. The van der Waals surface area contributed by atoms with E-state index in [1.807, 2.05) is 12.1 Å². The van der Waals surface area contributed by atoms with E-state index < -0.39 is 0 Å². The molecule has 2 aromatic rings. The van der Waals surface area contributed by atoms with Crippen LogP contribution in [-0.4, -0.2) is 23.5 Å². The van der Waals surface area contributed by atoms with E-state index >= 15 is 0 Å². The highest BCUT2D eigenvalue weighted by Crippen LogP contribution is 2.28. The minimum Gasteiger partial charge on any atom is -0.396 e. The molecule has 0 unspecified atom stereocenters. The molecule has 0 fully saturated rings. The summed E-state index contributed by atoms with van der Waals surface area (Å²) in [6.45, 7) is 0.0758. The minimum atomic E-state index is -0.291. The third-order valence-corrected chi connectivity index (χ3v) is 3.39. The SMILES string of the molecule is O=C1c2ccccc2C(=O)N1c1ccc(CCO)cc1. The van der Waals surface area contributed by atoms with Crippen LogP contribution in [0.4, 0.5) is 5.69 Å². The maximum atomic E-state index is 12.3. The molecular formula is C16H13NO3. The number of nitrogens with zero attached hydrogens (tertiary/aromatic N) is 1. The number of hydrogen-bond donors (Lipinski definition) is 1. The van der Waals surface area contributed by atoms with E-state index in [1.54, 1.807) is 36.4 Å². The Hall–Kier alpha value is -2.46. The highest BCUT2D eigenvalue weighted by molar-refractivity contribution is 6.34. The molecule has 20 heavy (non-hydrogen) atoms. The maximum Gasteiger partial charge on any atom is 0.266 e. The number of aliphatic hydroxyl groups excluding tert-OH is 1. The van der Waals surface area contributed by atoms with E-state index in [1.165, 1.54) is 4.90 Å². The normalized spacial score (nSPS) is 13.8. The van der Waals surface area contributed by atoms with Crippen molar-refractivity contribution in [1.29, 1.82) is 0 Å². The molecule has 0 bridgehead atoms. The Morgan fingerprint density at radius 2 is 1.40 bits per heavy atom. The van der Waals surface area contributed by atoms with Gasteiger partial charge in [-0.05, 0) is 36.2 Å². The smallest absolute Gasteiger partial charge is 0.266 e. The minimum absolute atomic E-state index is 0.0758. The Balaban J connectivity index is 1.96. The molecule has 2 aromatic carbocycles. The van der Waals surface area contributed by atoms with Crippen LogP contribution in [0.2, 0.25) is 0 Å². The second-order valence-electron chi connectivity index (χ2n) is 4.63. The van der Waals surface area contributed by atoms with Gasteiger partial charge in [0.25, 0.3) is 11.8 Å². The van der Waals surface area contributed by atoms with Gasteiger partial charge in [0.1, 0.15) is 0 Å². The lowest BCUT2D eigenvalue weighted by atomic mass is 10.1. The summed E-state index contributed by atoms with van der Waals surface area (Å²) in [6.07, 6.45) is 0.558. The lowest BCUT2D eigenvalue weighted by Gasteiger charge is -2.14. The van der Waals surface area contributed by atoms with Gasteiger partial charge in [-0.3, -0.25) is 9.59 Å². The van der Waals surface area contributed by atoms with E-state index in [0.29, 0.717) is 23.2 Å². The summed E-state index contributed by atoms with van der Waals surface area (Å²) in [6, 6.07) is 13.9. The highest BCUT2D eigenvalue weighted by Gasteiger charge is 2.36. The Kier molecular flexibility index (Phi) is 3.08. The zero-order valence-electron chi connectivity index (χ0n) is 10.7. The van der Waals surface area contributed by atoms with Gasteiger partial charge in [0.05, 0.1) is 16.8 Å². The van der Waals surface area contributed by atoms with Crippen molar-refractivity contribution >= 4 is 17.5 Å². The first-order valence-electron chi connectivity index (χ1n) is 6.40. The van der Waals surface area contributed by atoms with E-state index in [4.69, 9.17) is 5.11 Å². The fourth-order valence-corrected chi connectivity index (χ4v) is 2.36. The first kappa shape index (κ1) is 12.6. The van der Waals surface area contributed by atoms with Crippen LogP contribution in [0.1, 0.15) is 26.3 Å². The lowest BCUT2D eigenvalue weighted by molar-refractivity contribution is 0.0926. The second-order valence-corrected chi connectivity index (χ2v) is 4.63. The number of carbonyl (C=O) groups is 2. The molecule has 0 aromatic heterocycles. The van der Waals surface area contributed by atoms with Gasteiger partial charge in [-0.2, -0.15) is 0 Å². The summed E-state index contributed by atoms with van der Waals surface area (Å²) < 4.78 is 0. The third-order valence-electron chi connectivity index (χ3n) is 3.39. The van der Waals surface area contributed by atoms with Crippen LogP contribution in [0, 0.1) is 0 Å². The highest BCUT2D eigenvalue weighted by atomic mass is 16.3. The quantitative estimate of drug-likeness (QED) is 0.866. The number of imide groups is 1. The first-order chi connectivity index (χ1) is 9.72. The maximum absolute atomic E-state index is 12.3. The summed E-state index contributed by atoms with van der Waals surface area (Å²) in [5.41, 5.74) is 2.40. The predicted molar refractivity (Wildman–Crippen MR) is 74.8 cm³/mol. The first-order valence-corrected chi connectivity index (χ1v) is 6.40. The van der Waals surface area contributed by atoms with Crippen LogP contribution in [0.15, 0.2) is 48.5 Å². The zero-order chi connectivity index (χ0) is 14.1. The zero-order valence-corrected chi connectivity index (χ0v) is 10.7. The van der Waals surface area contributed by atoms with Crippen molar-refractivity contribution in [1.82, 2.24) is 0 Å². The molecule has 1 heterocycles. The monoisotopic (exact) mass is 267 g/mol. The fourth-order valence-electron chi connectivity index (χ4n) is 2.36. The van der Waals surface area contributed by atoms with Gasteiger partial charge in [-0.1, -0.05) is 24.3 Å². The Labute approximate surface area is 116 Å². The molecule has 2 amide bonds. The number of rotatable bonds is 3. The molecule has 0 saturated carbocycles. The Morgan fingerprint density at radius 3 is 1.90 bits per heavy atom. The Morgan fingerprint density at radius 1 is 0.850 bits per heavy atom. The standard InChI is InChI=1S/C16H13NO3/c18-10-9-11-5-7-12(8-6-11)17-15(19)13-3-1-2-4-14(13)16(17)20/h1-8,18H,9-10H2. The molecule has 4 nitrogen and oxygen atoms in total. The van der Waals surface area contributed by atoms with Gasteiger partial charge in [-0.25, -0.2) is 4.90 Å². The van der Waals surface area contributed by atoms with Crippen LogP contribution in [0.5, 0.6) is 0 Å². The van der Waals surface area contributed by atoms with E-state index in [0.717, 1.165) is 5.56 Å². The average molecular weight is 267 g/mol. The summed E-state index contributed by atoms with van der Waals surface area (Å²) in [7, 11) is 0. The van der Waals surface area contributed by atoms with Crippen LogP contribution in [0.3, 0.4) is 0 Å². The van der Waals surface area contributed by atoms with Crippen LogP contribution in [-0.2, 0) is 6.42 Å². The van der Waals surface area contributed by atoms with Crippen LogP contribution in [0.25, 0.3) is 0 Å². The molecule has 0 aliphatic carbocycles. The number of carbonyl (C=O) groups excluding carboxylic acids is 2. The number of aliphatic hydroxyl groups is 1. The number of hydrogen-bond acceptors (Lipinski definition) is 3.